The summed E-state index contributed by atoms with van der Waals surface area (Å²) >= 11 is 0. The molecule has 1 aromatic heterocycles. The molecule has 0 aliphatic rings. The minimum Gasteiger partial charge on any atom is -0.451 e. The molecular weight excluding hydrogens is 470 g/mol. The van der Waals surface area contributed by atoms with Crippen molar-refractivity contribution in [1.29, 1.82) is 0 Å². The van der Waals surface area contributed by atoms with Crippen molar-refractivity contribution in [2.45, 2.75) is 38.4 Å². The van der Waals surface area contributed by atoms with E-state index in [0.29, 0.717) is 22.6 Å². The van der Waals surface area contributed by atoms with Crippen LogP contribution in [-0.4, -0.2) is 37.5 Å². The zero-order valence-electron chi connectivity index (χ0n) is 18.5. The monoisotopic (exact) mass is 492 g/mol. The predicted octanol–water partition coefficient (Wildman–Crippen LogP) is 3.77. The summed E-state index contributed by atoms with van der Waals surface area (Å²) in [6, 6.07) is 12.4. The summed E-state index contributed by atoms with van der Waals surface area (Å²) in [6.45, 7) is 1.99. The number of alkyl halides is 2. The molecule has 2 N–H and O–H groups in total. The highest BCUT2D eigenvalue weighted by atomic mass is 32.2. The highest BCUT2D eigenvalue weighted by Gasteiger charge is 2.25. The minimum absolute atomic E-state index is 0.00939. The molecule has 0 aliphatic heterocycles. The average Bonchev–Trinajstić information content (AvgIpc) is 3.06. The third kappa shape index (κ3) is 5.49. The van der Waals surface area contributed by atoms with Crippen molar-refractivity contribution in [3.8, 4) is 11.4 Å². The molecule has 3 rings (SSSR count). The van der Waals surface area contributed by atoms with Gasteiger partial charge in [-0.15, -0.1) is 0 Å². The molecule has 0 unspecified atom stereocenters. The van der Waals surface area contributed by atoms with Crippen LogP contribution in [0.4, 0.5) is 8.78 Å². The summed E-state index contributed by atoms with van der Waals surface area (Å²) in [5, 5.41) is 5.04. The molecule has 34 heavy (non-hydrogen) atoms. The number of aryl methyl sites for hydroxylation is 1. The van der Waals surface area contributed by atoms with Crippen molar-refractivity contribution < 1.29 is 36.3 Å². The van der Waals surface area contributed by atoms with E-state index in [1.807, 2.05) is 0 Å². The number of rotatable bonds is 8. The Hall–Kier alpha value is -3.57. The number of primary sulfonamides is 1. The van der Waals surface area contributed by atoms with E-state index in [4.69, 9.17) is 9.88 Å². The van der Waals surface area contributed by atoms with E-state index in [9.17, 15) is 26.8 Å². The van der Waals surface area contributed by atoms with Gasteiger partial charge in [0.2, 0.25) is 15.8 Å². The van der Waals surface area contributed by atoms with Crippen LogP contribution in [0.1, 0.15) is 39.0 Å². The number of ketones is 1. The second-order valence-corrected chi connectivity index (χ2v) is 9.04. The number of ether oxygens (including phenoxy) is 2. The number of nitrogens with zero attached hydrogens (tertiary/aromatic N) is 1. The van der Waals surface area contributed by atoms with Gasteiger partial charge < -0.3 is 14.0 Å². The van der Waals surface area contributed by atoms with Crippen LogP contribution in [0.25, 0.3) is 5.69 Å². The molecule has 0 fully saturated rings. The summed E-state index contributed by atoms with van der Waals surface area (Å²) in [5.74, 6) is -1.23. The maximum atomic E-state index is 13.0. The van der Waals surface area contributed by atoms with Gasteiger partial charge in [-0.1, -0.05) is 0 Å². The van der Waals surface area contributed by atoms with Crippen molar-refractivity contribution in [2.75, 3.05) is 0 Å². The minimum atomic E-state index is -3.90. The third-order valence-corrected chi connectivity index (χ3v) is 6.02. The van der Waals surface area contributed by atoms with Crippen molar-refractivity contribution in [1.82, 2.24) is 4.57 Å². The third-order valence-electron chi connectivity index (χ3n) is 5.09. The molecule has 1 atom stereocenters. The number of carbonyl (C=O) groups is 2. The number of halogens is 2. The van der Waals surface area contributed by atoms with Crippen LogP contribution in [0.3, 0.4) is 0 Å². The van der Waals surface area contributed by atoms with Crippen LogP contribution >= 0.6 is 0 Å². The van der Waals surface area contributed by atoms with Gasteiger partial charge in [0.1, 0.15) is 5.75 Å². The van der Waals surface area contributed by atoms with Gasteiger partial charge in [0.25, 0.3) is 0 Å². The molecule has 0 bridgehead atoms. The molecular formula is C23H22F2N2O6S. The molecule has 180 valence electrons. The molecule has 2 aromatic carbocycles. The quantitative estimate of drug-likeness (QED) is 0.378. The number of carbonyl (C=O) groups excluding carboxylic acids is 2. The van der Waals surface area contributed by atoms with Gasteiger partial charge in [-0.05, 0) is 75.4 Å². The SMILES string of the molecule is Cc1cc(C(=O)[C@H](C)OC(=O)c2ccc(S(N)(=O)=O)cc2)c(C)n1-c1ccc(OC(F)F)cc1. The highest BCUT2D eigenvalue weighted by Crippen LogP contribution is 2.25. The van der Waals surface area contributed by atoms with Crippen LogP contribution in [0, 0.1) is 13.8 Å². The second kappa shape index (κ2) is 9.74. The Bertz CT molecular complexity index is 1320. The molecule has 8 nitrogen and oxygen atoms in total. The zero-order chi connectivity index (χ0) is 25.2. The van der Waals surface area contributed by atoms with Gasteiger partial charge in [-0.3, -0.25) is 4.79 Å². The fourth-order valence-electron chi connectivity index (χ4n) is 3.47. The van der Waals surface area contributed by atoms with Gasteiger partial charge in [0.05, 0.1) is 10.5 Å². The van der Waals surface area contributed by atoms with Crippen molar-refractivity contribution in [2.24, 2.45) is 5.14 Å². The molecule has 0 spiro atoms. The molecule has 11 heteroatoms. The van der Waals surface area contributed by atoms with Gasteiger partial charge >= 0.3 is 12.6 Å². The van der Waals surface area contributed by atoms with Crippen LogP contribution in [0.5, 0.6) is 5.75 Å². The first-order valence-corrected chi connectivity index (χ1v) is 11.6. The summed E-state index contributed by atoms with van der Waals surface area (Å²) in [6.07, 6.45) is -1.12. The summed E-state index contributed by atoms with van der Waals surface area (Å²) in [7, 11) is -3.90. The fraction of sp³-hybridized carbons (Fsp3) is 0.217. The molecule has 1 heterocycles. The molecule has 0 radical (unpaired) electrons. The number of hydrogen-bond acceptors (Lipinski definition) is 6. The Morgan fingerprint density at radius 3 is 2.12 bits per heavy atom. The summed E-state index contributed by atoms with van der Waals surface area (Å²) in [4.78, 5) is 25.3. The lowest BCUT2D eigenvalue weighted by Gasteiger charge is -2.14. The molecule has 0 saturated carbocycles. The maximum Gasteiger partial charge on any atom is 0.387 e. The van der Waals surface area contributed by atoms with Crippen molar-refractivity contribution in [3.63, 3.8) is 0 Å². The van der Waals surface area contributed by atoms with Crippen LogP contribution in [0.15, 0.2) is 59.5 Å². The smallest absolute Gasteiger partial charge is 0.387 e. The fourth-order valence-corrected chi connectivity index (χ4v) is 3.98. The van der Waals surface area contributed by atoms with Crippen molar-refractivity contribution in [3.05, 3.63) is 77.1 Å². The van der Waals surface area contributed by atoms with E-state index in [-0.39, 0.29) is 16.2 Å². The average molecular weight is 493 g/mol. The summed E-state index contributed by atoms with van der Waals surface area (Å²) in [5.41, 5.74) is 2.31. The number of benzene rings is 2. The molecule has 0 aliphatic carbocycles. The number of hydrogen-bond donors (Lipinski definition) is 1. The van der Waals surface area contributed by atoms with E-state index in [0.717, 1.165) is 0 Å². The van der Waals surface area contributed by atoms with Gasteiger partial charge in [-0.25, -0.2) is 18.4 Å². The first kappa shape index (κ1) is 25.1. The van der Waals surface area contributed by atoms with E-state index in [2.05, 4.69) is 4.74 Å². The van der Waals surface area contributed by atoms with Crippen LogP contribution < -0.4 is 9.88 Å². The number of aromatic nitrogens is 1. The van der Waals surface area contributed by atoms with E-state index >= 15 is 0 Å². The lowest BCUT2D eigenvalue weighted by Crippen LogP contribution is -2.25. The van der Waals surface area contributed by atoms with Gasteiger partial charge in [0, 0.05) is 22.6 Å². The Balaban J connectivity index is 1.77. The first-order valence-electron chi connectivity index (χ1n) is 10.0. The van der Waals surface area contributed by atoms with E-state index < -0.39 is 34.5 Å². The number of sulfonamides is 1. The Labute approximate surface area is 195 Å². The molecule has 3 aromatic rings. The summed E-state index contributed by atoms with van der Waals surface area (Å²) < 4.78 is 58.8. The van der Waals surface area contributed by atoms with E-state index in [1.54, 1.807) is 36.6 Å². The Kier molecular flexibility index (Phi) is 7.18. The lowest BCUT2D eigenvalue weighted by molar-refractivity contribution is -0.0498. The highest BCUT2D eigenvalue weighted by molar-refractivity contribution is 7.89. The van der Waals surface area contributed by atoms with Crippen molar-refractivity contribution >= 4 is 21.8 Å². The maximum absolute atomic E-state index is 13.0. The number of nitrogens with two attached hydrogens (primary N) is 1. The largest absolute Gasteiger partial charge is 0.451 e. The predicted molar refractivity (Wildman–Crippen MR) is 119 cm³/mol. The van der Waals surface area contributed by atoms with E-state index in [1.165, 1.54) is 43.3 Å². The molecule has 0 amide bonds. The van der Waals surface area contributed by atoms with Gasteiger partial charge in [0.15, 0.2) is 6.10 Å². The number of esters is 1. The molecule has 0 saturated heterocycles. The standard InChI is InChI=1S/C23H22F2N2O6S/c1-13-12-20(14(2)27(13)17-6-8-18(9-7-17)33-23(24)25)21(28)15(3)32-22(29)16-4-10-19(11-5-16)34(26,30)31/h4-12,15,23H,1-3H3,(H2,26,30,31)/t15-/m0/s1. The Morgan fingerprint density at radius 2 is 1.59 bits per heavy atom. The lowest BCUT2D eigenvalue weighted by atomic mass is 10.1. The van der Waals surface area contributed by atoms with Crippen LogP contribution in [0.2, 0.25) is 0 Å². The zero-order valence-corrected chi connectivity index (χ0v) is 19.3. The number of Topliss-reactive ketones (excluding diaryl/α,β-unsaturated/α-hetero) is 1. The Morgan fingerprint density at radius 1 is 1.00 bits per heavy atom. The van der Waals surface area contributed by atoms with Crippen LogP contribution in [-0.2, 0) is 14.8 Å². The first-order chi connectivity index (χ1) is 15.9. The topological polar surface area (TPSA) is 118 Å². The van der Waals surface area contributed by atoms with Gasteiger partial charge in [-0.2, -0.15) is 8.78 Å². The second-order valence-electron chi connectivity index (χ2n) is 7.47. The normalized spacial score (nSPS) is 12.4.